The quantitative estimate of drug-likeness (QED) is 0.541. The summed E-state index contributed by atoms with van der Waals surface area (Å²) in [5.74, 6) is 0.261. The van der Waals surface area contributed by atoms with Crippen LogP contribution in [-0.4, -0.2) is 28.4 Å². The highest BCUT2D eigenvalue weighted by atomic mass is 16.3. The van der Waals surface area contributed by atoms with Gasteiger partial charge in [-0.1, -0.05) is 13.2 Å². The summed E-state index contributed by atoms with van der Waals surface area (Å²) in [7, 11) is 0. The van der Waals surface area contributed by atoms with E-state index in [9.17, 15) is 9.90 Å². The topological polar surface area (TPSA) is 110 Å². The molecule has 104 valence electrons. The maximum Gasteiger partial charge on any atom is 0.279 e. The number of aliphatic hydroxyl groups is 1. The number of rotatable bonds is 2. The Morgan fingerprint density at radius 1 is 1.20 bits per heavy atom. The molecule has 0 aromatic carbocycles. The number of hydrogen-bond donors (Lipinski definition) is 4. The second-order valence-electron chi connectivity index (χ2n) is 4.17. The number of amidine groups is 2. The molecule has 1 amide bonds. The standard InChI is InChI=1S/C12H14N6O2/c1-5-9(11(19)15-7(3)13-5)17-18-10-6(2)14-8(4)16-12(10)20/h17,19H,1-2H2,3-4H3,(H,13,15)(H,14,16,20). The number of aliphatic imine (C=N–C) groups is 2. The molecule has 0 bridgehead atoms. The normalized spacial score (nSPS) is 21.3. The zero-order chi connectivity index (χ0) is 14.9. The van der Waals surface area contributed by atoms with Crippen LogP contribution in [0, 0.1) is 0 Å². The van der Waals surface area contributed by atoms with Gasteiger partial charge in [0, 0.05) is 0 Å². The second-order valence-corrected chi connectivity index (χ2v) is 4.17. The molecule has 2 aliphatic rings. The van der Waals surface area contributed by atoms with Gasteiger partial charge in [-0.25, -0.2) is 4.99 Å². The van der Waals surface area contributed by atoms with Crippen molar-refractivity contribution in [3.63, 3.8) is 0 Å². The summed E-state index contributed by atoms with van der Waals surface area (Å²) in [6.07, 6.45) is 0. The summed E-state index contributed by atoms with van der Waals surface area (Å²) >= 11 is 0. The molecule has 8 heteroatoms. The van der Waals surface area contributed by atoms with Crippen LogP contribution in [0.2, 0.25) is 0 Å². The zero-order valence-electron chi connectivity index (χ0n) is 11.1. The highest BCUT2D eigenvalue weighted by molar-refractivity contribution is 6.48. The molecular formula is C12H14N6O2. The number of aliphatic hydroxyl groups excluding tert-OH is 1. The number of nitrogens with one attached hydrogen (secondary N) is 3. The minimum Gasteiger partial charge on any atom is -0.492 e. The third kappa shape index (κ3) is 2.58. The van der Waals surface area contributed by atoms with Crippen molar-refractivity contribution >= 4 is 23.3 Å². The smallest absolute Gasteiger partial charge is 0.279 e. The van der Waals surface area contributed by atoms with Crippen molar-refractivity contribution in [2.75, 3.05) is 0 Å². The predicted molar refractivity (Wildman–Crippen MR) is 76.0 cm³/mol. The Labute approximate surface area is 115 Å². The van der Waals surface area contributed by atoms with Crippen molar-refractivity contribution in [1.29, 1.82) is 0 Å². The summed E-state index contributed by atoms with van der Waals surface area (Å²) in [5.41, 5.74) is 3.36. The first-order valence-electron chi connectivity index (χ1n) is 5.73. The fourth-order valence-corrected chi connectivity index (χ4v) is 1.64. The first-order valence-corrected chi connectivity index (χ1v) is 5.73. The first-order chi connectivity index (χ1) is 9.38. The van der Waals surface area contributed by atoms with Crippen molar-refractivity contribution in [1.82, 2.24) is 16.1 Å². The average molecular weight is 274 g/mol. The molecule has 0 saturated carbocycles. The van der Waals surface area contributed by atoms with Crippen molar-refractivity contribution in [3.05, 3.63) is 36.1 Å². The Hall–Kier alpha value is -2.90. The molecule has 0 saturated heterocycles. The molecular weight excluding hydrogens is 260 g/mol. The van der Waals surface area contributed by atoms with E-state index in [1.54, 1.807) is 13.8 Å². The van der Waals surface area contributed by atoms with Crippen LogP contribution < -0.4 is 16.1 Å². The molecule has 0 fully saturated rings. The highest BCUT2D eigenvalue weighted by Crippen LogP contribution is 2.13. The monoisotopic (exact) mass is 274 g/mol. The first kappa shape index (κ1) is 13.5. The number of carbonyl (C=O) groups excluding carboxylic acids is 1. The second kappa shape index (κ2) is 5.00. The number of amides is 1. The van der Waals surface area contributed by atoms with Crippen molar-refractivity contribution in [3.8, 4) is 0 Å². The van der Waals surface area contributed by atoms with Crippen molar-refractivity contribution in [2.45, 2.75) is 13.8 Å². The van der Waals surface area contributed by atoms with E-state index < -0.39 is 5.91 Å². The fourth-order valence-electron chi connectivity index (χ4n) is 1.64. The van der Waals surface area contributed by atoms with E-state index in [0.717, 1.165) is 0 Å². The highest BCUT2D eigenvalue weighted by Gasteiger charge is 2.22. The number of hydrazone groups is 1. The van der Waals surface area contributed by atoms with Gasteiger partial charge in [0.1, 0.15) is 17.4 Å². The van der Waals surface area contributed by atoms with E-state index in [1.165, 1.54) is 0 Å². The van der Waals surface area contributed by atoms with Gasteiger partial charge >= 0.3 is 0 Å². The van der Waals surface area contributed by atoms with Crippen LogP contribution in [0.5, 0.6) is 0 Å². The van der Waals surface area contributed by atoms with Crippen LogP contribution in [0.3, 0.4) is 0 Å². The van der Waals surface area contributed by atoms with Gasteiger partial charge in [-0.15, -0.1) is 0 Å². The Balaban J connectivity index is 2.26. The number of nitrogens with zero attached hydrogens (tertiary/aromatic N) is 3. The maximum absolute atomic E-state index is 11.7. The van der Waals surface area contributed by atoms with Crippen LogP contribution >= 0.6 is 0 Å². The minimum absolute atomic E-state index is 0.0231. The summed E-state index contributed by atoms with van der Waals surface area (Å²) in [4.78, 5) is 19.6. The fraction of sp³-hybridized carbons (Fsp3) is 0.167. The molecule has 0 spiro atoms. The van der Waals surface area contributed by atoms with Crippen LogP contribution in [0.1, 0.15) is 13.8 Å². The molecule has 0 atom stereocenters. The molecule has 2 rings (SSSR count). The van der Waals surface area contributed by atoms with E-state index >= 15 is 0 Å². The summed E-state index contributed by atoms with van der Waals surface area (Å²) in [5, 5.41) is 19.0. The Morgan fingerprint density at radius 3 is 2.45 bits per heavy atom. The van der Waals surface area contributed by atoms with Crippen LogP contribution in [0.25, 0.3) is 0 Å². The molecule has 8 nitrogen and oxygen atoms in total. The van der Waals surface area contributed by atoms with Crippen molar-refractivity contribution < 1.29 is 9.90 Å². The summed E-state index contributed by atoms with van der Waals surface area (Å²) in [6.45, 7) is 10.7. The average Bonchev–Trinajstić information content (AvgIpc) is 2.30. The van der Waals surface area contributed by atoms with Gasteiger partial charge in [0.05, 0.1) is 11.4 Å². The molecule has 0 radical (unpaired) electrons. The third-order valence-corrected chi connectivity index (χ3v) is 2.50. The third-order valence-electron chi connectivity index (χ3n) is 2.50. The van der Waals surface area contributed by atoms with E-state index in [2.05, 4.69) is 44.3 Å². The summed E-state index contributed by atoms with van der Waals surface area (Å²) in [6, 6.07) is 0. The Kier molecular flexibility index (Phi) is 3.38. The van der Waals surface area contributed by atoms with Gasteiger partial charge < -0.3 is 15.7 Å². The molecule has 0 aromatic heterocycles. The lowest BCUT2D eigenvalue weighted by Crippen LogP contribution is -2.40. The molecule has 0 unspecified atom stereocenters. The molecule has 2 heterocycles. The molecule has 20 heavy (non-hydrogen) atoms. The van der Waals surface area contributed by atoms with Crippen LogP contribution in [0.15, 0.2) is 51.2 Å². The van der Waals surface area contributed by atoms with E-state index in [1.807, 2.05) is 0 Å². The Morgan fingerprint density at radius 2 is 1.85 bits per heavy atom. The van der Waals surface area contributed by atoms with Gasteiger partial charge in [0.2, 0.25) is 5.88 Å². The lowest BCUT2D eigenvalue weighted by molar-refractivity contribution is -0.113. The van der Waals surface area contributed by atoms with Crippen LogP contribution in [-0.2, 0) is 4.79 Å². The van der Waals surface area contributed by atoms with Crippen molar-refractivity contribution in [2.24, 2.45) is 15.1 Å². The van der Waals surface area contributed by atoms with Gasteiger partial charge in [0.25, 0.3) is 5.91 Å². The summed E-state index contributed by atoms with van der Waals surface area (Å²) < 4.78 is 0. The SMILES string of the molecule is C=C1N=C(C)NC(=O)C1=NNC1=C(O)N=C(C)NC1=C. The molecule has 0 aromatic rings. The lowest BCUT2D eigenvalue weighted by atomic mass is 10.2. The van der Waals surface area contributed by atoms with E-state index in [-0.39, 0.29) is 23.0 Å². The van der Waals surface area contributed by atoms with Gasteiger partial charge in [-0.05, 0) is 13.8 Å². The van der Waals surface area contributed by atoms with E-state index in [0.29, 0.717) is 17.4 Å². The number of carbonyl (C=O) groups is 1. The number of hydrogen-bond acceptors (Lipinski definition) is 7. The van der Waals surface area contributed by atoms with Gasteiger partial charge in [-0.3, -0.25) is 10.2 Å². The Bertz CT molecular complexity index is 638. The van der Waals surface area contributed by atoms with Gasteiger partial charge in [0.15, 0.2) is 5.71 Å². The zero-order valence-corrected chi connectivity index (χ0v) is 11.1. The maximum atomic E-state index is 11.7. The predicted octanol–water partition coefficient (Wildman–Crippen LogP) is 0.256. The lowest BCUT2D eigenvalue weighted by Gasteiger charge is -2.19. The van der Waals surface area contributed by atoms with Crippen LogP contribution in [0.4, 0.5) is 0 Å². The molecule has 4 N–H and O–H groups in total. The van der Waals surface area contributed by atoms with E-state index in [4.69, 9.17) is 0 Å². The minimum atomic E-state index is -0.427. The molecule has 0 aliphatic carbocycles. The largest absolute Gasteiger partial charge is 0.492 e. The molecule has 2 aliphatic heterocycles. The van der Waals surface area contributed by atoms with Gasteiger partial charge in [-0.2, -0.15) is 10.1 Å².